The minimum Gasteiger partial charge on any atom is -0.466 e. The molecule has 0 aliphatic rings. The van der Waals surface area contributed by atoms with E-state index in [1.54, 1.807) is 6.08 Å². The van der Waals surface area contributed by atoms with Crippen molar-refractivity contribution in [3.05, 3.63) is 36.5 Å². The highest BCUT2D eigenvalue weighted by atomic mass is 16.5. The molecule has 1 amide bonds. The number of hydrogen-bond acceptors (Lipinski definition) is 5. The molecule has 0 aliphatic carbocycles. The minimum absolute atomic E-state index is 0.00507. The predicted octanol–water partition coefficient (Wildman–Crippen LogP) is 20.4. The monoisotopic (exact) mass is 1010 g/mol. The molecule has 424 valence electrons. The van der Waals surface area contributed by atoms with Gasteiger partial charge in [0.25, 0.3) is 0 Å². The summed E-state index contributed by atoms with van der Waals surface area (Å²) in [6.45, 7) is 4.89. The van der Waals surface area contributed by atoms with Gasteiger partial charge in [-0.05, 0) is 64.2 Å². The first kappa shape index (κ1) is 70.1. The van der Waals surface area contributed by atoms with E-state index >= 15 is 0 Å². The Morgan fingerprint density at radius 3 is 1.08 bits per heavy atom. The van der Waals surface area contributed by atoms with E-state index < -0.39 is 12.1 Å². The van der Waals surface area contributed by atoms with Crippen molar-refractivity contribution in [3.8, 4) is 0 Å². The zero-order valence-corrected chi connectivity index (χ0v) is 48.4. The van der Waals surface area contributed by atoms with E-state index in [2.05, 4.69) is 43.5 Å². The van der Waals surface area contributed by atoms with Gasteiger partial charge in [-0.25, -0.2) is 0 Å². The van der Waals surface area contributed by atoms with Crippen molar-refractivity contribution in [2.45, 2.75) is 360 Å². The first-order chi connectivity index (χ1) is 35.5. The zero-order valence-electron chi connectivity index (χ0n) is 48.4. The molecule has 2 unspecified atom stereocenters. The van der Waals surface area contributed by atoms with Crippen LogP contribution in [-0.2, 0) is 14.3 Å². The Hall–Kier alpha value is -1.92. The average molecular weight is 1010 g/mol. The molecule has 0 spiro atoms. The number of allylic oxidation sites excluding steroid dienone is 5. The molecule has 0 saturated heterocycles. The maximum Gasteiger partial charge on any atom is 0.305 e. The number of ether oxygens (including phenoxy) is 1. The van der Waals surface area contributed by atoms with Crippen LogP contribution in [0.2, 0.25) is 0 Å². The largest absolute Gasteiger partial charge is 0.466 e. The predicted molar refractivity (Wildman–Crippen MR) is 315 cm³/mol. The number of aliphatic hydroxyl groups is 2. The van der Waals surface area contributed by atoms with Crippen molar-refractivity contribution in [2.24, 2.45) is 0 Å². The van der Waals surface area contributed by atoms with Crippen molar-refractivity contribution in [1.29, 1.82) is 0 Å². The van der Waals surface area contributed by atoms with Crippen LogP contribution in [0.4, 0.5) is 0 Å². The molecule has 3 N–H and O–H groups in total. The lowest BCUT2D eigenvalue weighted by Crippen LogP contribution is -2.45. The van der Waals surface area contributed by atoms with Gasteiger partial charge < -0.3 is 20.3 Å². The number of carbonyl (C=O) groups is 2. The average Bonchev–Trinajstić information content (AvgIpc) is 3.38. The number of unbranched alkanes of at least 4 members (excludes halogenated alkanes) is 45. The van der Waals surface area contributed by atoms with Gasteiger partial charge in [0.1, 0.15) is 0 Å². The summed E-state index contributed by atoms with van der Waals surface area (Å²) >= 11 is 0. The molecule has 6 nitrogen and oxygen atoms in total. The summed E-state index contributed by atoms with van der Waals surface area (Å²) in [7, 11) is 0. The number of esters is 1. The highest BCUT2D eigenvalue weighted by Gasteiger charge is 2.18. The van der Waals surface area contributed by atoms with E-state index in [0.29, 0.717) is 19.4 Å². The van der Waals surface area contributed by atoms with Crippen molar-refractivity contribution in [2.75, 3.05) is 13.2 Å². The standard InChI is InChI=1S/C66H125NO5/c1-3-5-7-9-11-13-15-17-19-21-22-23-24-25-27-30-34-38-42-46-50-54-58-64(69)63(62-68)67-65(70)59-55-51-47-43-39-35-31-28-29-33-37-41-45-49-53-57-61-72-66(71)60-56-52-48-44-40-36-32-26-20-18-16-14-12-10-8-6-4-2/h12,14,18,20,54,58,63-64,68-69H,3-11,13,15-17,19,21-53,55-57,59-62H2,1-2H3,(H,67,70)/b14-12-,20-18-,58-54+. The fourth-order valence-corrected chi connectivity index (χ4v) is 9.96. The van der Waals surface area contributed by atoms with E-state index in [-0.39, 0.29) is 18.5 Å². The number of carbonyl (C=O) groups excluding carboxylic acids is 2. The molecule has 0 bridgehead atoms. The summed E-state index contributed by atoms with van der Waals surface area (Å²) in [5, 5.41) is 23.2. The van der Waals surface area contributed by atoms with Crippen LogP contribution in [0.15, 0.2) is 36.5 Å². The number of aliphatic hydroxyl groups excluding tert-OH is 2. The maximum atomic E-state index is 12.5. The Morgan fingerprint density at radius 2 is 0.694 bits per heavy atom. The summed E-state index contributed by atoms with van der Waals surface area (Å²) in [5.41, 5.74) is 0. The molecule has 72 heavy (non-hydrogen) atoms. The van der Waals surface area contributed by atoms with Gasteiger partial charge in [0.2, 0.25) is 5.91 Å². The van der Waals surface area contributed by atoms with Crippen LogP contribution in [-0.4, -0.2) is 47.4 Å². The van der Waals surface area contributed by atoms with Gasteiger partial charge >= 0.3 is 5.97 Å². The minimum atomic E-state index is -0.851. The fraction of sp³-hybridized carbons (Fsp3) is 0.879. The van der Waals surface area contributed by atoms with Gasteiger partial charge in [0, 0.05) is 12.8 Å². The van der Waals surface area contributed by atoms with Crippen molar-refractivity contribution in [1.82, 2.24) is 5.32 Å². The van der Waals surface area contributed by atoms with Gasteiger partial charge in [-0.2, -0.15) is 0 Å². The third-order valence-electron chi connectivity index (χ3n) is 14.9. The second kappa shape index (κ2) is 61.6. The number of rotatable bonds is 60. The van der Waals surface area contributed by atoms with Crippen LogP contribution in [0.1, 0.15) is 348 Å². The van der Waals surface area contributed by atoms with E-state index in [1.165, 1.54) is 263 Å². The number of nitrogens with one attached hydrogen (secondary N) is 1. The van der Waals surface area contributed by atoms with E-state index in [4.69, 9.17) is 4.74 Å². The highest BCUT2D eigenvalue weighted by molar-refractivity contribution is 5.76. The van der Waals surface area contributed by atoms with Gasteiger partial charge in [0.15, 0.2) is 0 Å². The van der Waals surface area contributed by atoms with Crippen molar-refractivity contribution in [3.63, 3.8) is 0 Å². The summed E-state index contributed by atoms with van der Waals surface area (Å²) in [6, 6.07) is -0.635. The first-order valence-electron chi connectivity index (χ1n) is 32.3. The Kier molecular flexibility index (Phi) is 60.0. The van der Waals surface area contributed by atoms with Crippen LogP contribution in [0.25, 0.3) is 0 Å². The van der Waals surface area contributed by atoms with E-state index in [1.807, 2.05) is 6.08 Å². The number of hydrogen-bond donors (Lipinski definition) is 3. The van der Waals surface area contributed by atoms with Crippen molar-refractivity contribution < 1.29 is 24.5 Å². The summed E-state index contributed by atoms with van der Waals surface area (Å²) in [5.74, 6) is -0.0771. The lowest BCUT2D eigenvalue weighted by atomic mass is 10.0. The molecule has 0 aromatic heterocycles. The molecular weight excluding hydrogens is 887 g/mol. The van der Waals surface area contributed by atoms with Gasteiger partial charge in [-0.15, -0.1) is 0 Å². The molecule has 0 aromatic rings. The molecule has 0 fully saturated rings. The Balaban J connectivity index is 3.45. The normalized spacial score (nSPS) is 12.8. The highest BCUT2D eigenvalue weighted by Crippen LogP contribution is 2.18. The van der Waals surface area contributed by atoms with Crippen LogP contribution in [0.3, 0.4) is 0 Å². The first-order valence-corrected chi connectivity index (χ1v) is 32.3. The lowest BCUT2D eigenvalue weighted by Gasteiger charge is -2.20. The molecule has 0 aliphatic heterocycles. The zero-order chi connectivity index (χ0) is 52.2. The molecule has 2 atom stereocenters. The fourth-order valence-electron chi connectivity index (χ4n) is 9.96. The lowest BCUT2D eigenvalue weighted by molar-refractivity contribution is -0.143. The van der Waals surface area contributed by atoms with E-state index in [0.717, 1.165) is 57.8 Å². The Morgan fingerprint density at radius 1 is 0.389 bits per heavy atom. The third-order valence-corrected chi connectivity index (χ3v) is 14.9. The summed E-state index contributed by atoms with van der Waals surface area (Å²) in [4.78, 5) is 24.6. The third kappa shape index (κ3) is 57.4. The second-order valence-corrected chi connectivity index (χ2v) is 22.1. The van der Waals surface area contributed by atoms with Crippen LogP contribution >= 0.6 is 0 Å². The van der Waals surface area contributed by atoms with E-state index in [9.17, 15) is 19.8 Å². The molecule has 0 heterocycles. The van der Waals surface area contributed by atoms with Gasteiger partial charge in [-0.1, -0.05) is 307 Å². The topological polar surface area (TPSA) is 95.9 Å². The van der Waals surface area contributed by atoms with Gasteiger partial charge in [-0.3, -0.25) is 9.59 Å². The smallest absolute Gasteiger partial charge is 0.305 e. The van der Waals surface area contributed by atoms with Crippen LogP contribution in [0.5, 0.6) is 0 Å². The van der Waals surface area contributed by atoms with Crippen LogP contribution in [0, 0.1) is 0 Å². The molecule has 0 saturated carbocycles. The van der Waals surface area contributed by atoms with Crippen LogP contribution < -0.4 is 5.32 Å². The quantitative estimate of drug-likeness (QED) is 0.0320. The Labute approximate surface area is 449 Å². The Bertz CT molecular complexity index is 1170. The molecule has 0 rings (SSSR count). The molecular formula is C66H125NO5. The molecule has 0 aromatic carbocycles. The summed E-state index contributed by atoms with van der Waals surface area (Å²) < 4.78 is 5.49. The van der Waals surface area contributed by atoms with Crippen molar-refractivity contribution >= 4 is 11.9 Å². The maximum absolute atomic E-state index is 12.5. The number of amides is 1. The summed E-state index contributed by atoms with van der Waals surface area (Å²) in [6.07, 6.45) is 77.5. The SMILES string of the molecule is CCCCC/C=C\C/C=C\CCCCCCCCCC(=O)OCCCCCCCCCCCCCCCCCCC(=O)NC(CO)C(O)/C=C/CCCCCCCCCCCCCCCCCCCCCC. The second-order valence-electron chi connectivity index (χ2n) is 22.1. The van der Waals surface area contributed by atoms with Gasteiger partial charge in [0.05, 0.1) is 25.4 Å². The molecule has 6 heteroatoms. The molecule has 0 radical (unpaired) electrons.